The summed E-state index contributed by atoms with van der Waals surface area (Å²) in [6.07, 6.45) is 1.73. The summed E-state index contributed by atoms with van der Waals surface area (Å²) in [5, 5.41) is 9.16. The van der Waals surface area contributed by atoms with E-state index in [0.717, 1.165) is 18.5 Å². The van der Waals surface area contributed by atoms with E-state index in [-0.39, 0.29) is 12.5 Å². The van der Waals surface area contributed by atoms with Crippen LogP contribution in [0, 0.1) is 5.92 Å². The Kier molecular flexibility index (Phi) is 4.49. The summed E-state index contributed by atoms with van der Waals surface area (Å²) in [5.74, 6) is 0.352. The average Bonchev–Trinajstić information content (AvgIpc) is 2.46. The second kappa shape index (κ2) is 6.13. The molecule has 0 unspecified atom stereocenters. The SMILES string of the molecule is CN(C)c1ccc(N)cc1C(=O)N1CCC(CO)CC1. The molecule has 1 aliphatic heterocycles. The predicted molar refractivity (Wildman–Crippen MR) is 80.9 cm³/mol. The van der Waals surface area contributed by atoms with Crippen LogP contribution in [0.4, 0.5) is 11.4 Å². The first kappa shape index (κ1) is 14.7. The van der Waals surface area contributed by atoms with Gasteiger partial charge in [-0.2, -0.15) is 0 Å². The normalized spacial score (nSPS) is 16.2. The molecule has 1 amide bonds. The molecule has 0 saturated carbocycles. The first-order chi connectivity index (χ1) is 9.52. The zero-order chi connectivity index (χ0) is 14.7. The van der Waals surface area contributed by atoms with Crippen molar-refractivity contribution in [3.8, 4) is 0 Å². The highest BCUT2D eigenvalue weighted by Gasteiger charge is 2.25. The standard InChI is InChI=1S/C15H23N3O2/c1-17(2)14-4-3-12(16)9-13(14)15(20)18-7-5-11(10-19)6-8-18/h3-4,9,11,19H,5-8,10,16H2,1-2H3. The monoisotopic (exact) mass is 277 g/mol. The van der Waals surface area contributed by atoms with Crippen LogP contribution in [-0.2, 0) is 0 Å². The lowest BCUT2D eigenvalue weighted by atomic mass is 9.97. The summed E-state index contributed by atoms with van der Waals surface area (Å²) in [5.41, 5.74) is 7.95. The minimum atomic E-state index is 0.0254. The first-order valence-electron chi connectivity index (χ1n) is 7.00. The van der Waals surface area contributed by atoms with Gasteiger partial charge in [0.25, 0.3) is 5.91 Å². The van der Waals surface area contributed by atoms with Gasteiger partial charge in [0.05, 0.1) is 5.56 Å². The highest BCUT2D eigenvalue weighted by atomic mass is 16.3. The van der Waals surface area contributed by atoms with Gasteiger partial charge < -0.3 is 20.6 Å². The van der Waals surface area contributed by atoms with Crippen LogP contribution >= 0.6 is 0 Å². The number of carbonyl (C=O) groups is 1. The number of likely N-dealkylation sites (tertiary alicyclic amines) is 1. The van der Waals surface area contributed by atoms with Crippen LogP contribution in [0.15, 0.2) is 18.2 Å². The van der Waals surface area contributed by atoms with E-state index in [0.29, 0.717) is 30.3 Å². The summed E-state index contributed by atoms with van der Waals surface area (Å²) in [4.78, 5) is 16.4. The fraction of sp³-hybridized carbons (Fsp3) is 0.533. The number of aliphatic hydroxyl groups excluding tert-OH is 1. The lowest BCUT2D eigenvalue weighted by Gasteiger charge is -2.32. The van der Waals surface area contributed by atoms with Crippen molar-refractivity contribution in [1.29, 1.82) is 0 Å². The second-order valence-electron chi connectivity index (χ2n) is 5.59. The Morgan fingerprint density at radius 3 is 2.60 bits per heavy atom. The summed E-state index contributed by atoms with van der Waals surface area (Å²) >= 11 is 0. The van der Waals surface area contributed by atoms with Crippen LogP contribution in [-0.4, -0.2) is 49.7 Å². The molecular weight excluding hydrogens is 254 g/mol. The van der Waals surface area contributed by atoms with Crippen LogP contribution < -0.4 is 10.6 Å². The molecule has 1 heterocycles. The molecule has 2 rings (SSSR count). The van der Waals surface area contributed by atoms with Crippen molar-refractivity contribution in [3.63, 3.8) is 0 Å². The van der Waals surface area contributed by atoms with Crippen molar-refractivity contribution < 1.29 is 9.90 Å². The Balaban J connectivity index is 2.19. The fourth-order valence-electron chi connectivity index (χ4n) is 2.60. The number of hydrogen-bond acceptors (Lipinski definition) is 4. The summed E-state index contributed by atoms with van der Waals surface area (Å²) in [7, 11) is 3.83. The third kappa shape index (κ3) is 3.04. The summed E-state index contributed by atoms with van der Waals surface area (Å²) in [6, 6.07) is 5.43. The number of rotatable bonds is 3. The lowest BCUT2D eigenvalue weighted by Crippen LogP contribution is -2.39. The molecule has 110 valence electrons. The average molecular weight is 277 g/mol. The van der Waals surface area contributed by atoms with E-state index in [4.69, 9.17) is 10.8 Å². The Morgan fingerprint density at radius 1 is 1.40 bits per heavy atom. The molecule has 0 bridgehead atoms. The molecule has 5 heteroatoms. The highest BCUT2D eigenvalue weighted by molar-refractivity contribution is 6.00. The van der Waals surface area contributed by atoms with Crippen molar-refractivity contribution in [1.82, 2.24) is 4.90 Å². The molecule has 3 N–H and O–H groups in total. The highest BCUT2D eigenvalue weighted by Crippen LogP contribution is 2.25. The number of anilines is 2. The molecular formula is C15H23N3O2. The molecule has 0 radical (unpaired) electrons. The maximum Gasteiger partial charge on any atom is 0.256 e. The van der Waals surface area contributed by atoms with Gasteiger partial charge in [0.2, 0.25) is 0 Å². The van der Waals surface area contributed by atoms with Gasteiger partial charge >= 0.3 is 0 Å². The number of piperidine rings is 1. The third-order valence-electron chi connectivity index (χ3n) is 3.89. The first-order valence-corrected chi connectivity index (χ1v) is 7.00. The van der Waals surface area contributed by atoms with Crippen LogP contribution in [0.5, 0.6) is 0 Å². The van der Waals surface area contributed by atoms with Crippen LogP contribution in [0.3, 0.4) is 0 Å². The molecule has 1 aliphatic rings. The molecule has 0 atom stereocenters. The quantitative estimate of drug-likeness (QED) is 0.814. The maximum absolute atomic E-state index is 12.7. The molecule has 1 saturated heterocycles. The Labute approximate surface area is 120 Å². The predicted octanol–water partition coefficient (Wildman–Crippen LogP) is 1.18. The third-order valence-corrected chi connectivity index (χ3v) is 3.89. The van der Waals surface area contributed by atoms with Gasteiger partial charge in [-0.05, 0) is 37.0 Å². The van der Waals surface area contributed by atoms with Crippen molar-refractivity contribution in [2.75, 3.05) is 44.4 Å². The molecule has 0 aliphatic carbocycles. The number of nitrogen functional groups attached to an aromatic ring is 1. The number of amides is 1. The van der Waals surface area contributed by atoms with Gasteiger partial charge in [0.15, 0.2) is 0 Å². The van der Waals surface area contributed by atoms with Crippen LogP contribution in [0.2, 0.25) is 0 Å². The van der Waals surface area contributed by atoms with Crippen molar-refractivity contribution in [2.24, 2.45) is 5.92 Å². The van der Waals surface area contributed by atoms with E-state index in [1.165, 1.54) is 0 Å². The molecule has 1 fully saturated rings. The van der Waals surface area contributed by atoms with Crippen molar-refractivity contribution in [3.05, 3.63) is 23.8 Å². The molecule has 1 aromatic carbocycles. The van der Waals surface area contributed by atoms with Gasteiger partial charge in [0, 0.05) is 45.2 Å². The van der Waals surface area contributed by atoms with E-state index in [1.807, 2.05) is 36.0 Å². The van der Waals surface area contributed by atoms with E-state index in [9.17, 15) is 4.79 Å². The van der Waals surface area contributed by atoms with Crippen LogP contribution in [0.25, 0.3) is 0 Å². The Hall–Kier alpha value is -1.75. The fourth-order valence-corrected chi connectivity index (χ4v) is 2.60. The number of nitrogens with zero attached hydrogens (tertiary/aromatic N) is 2. The van der Waals surface area contributed by atoms with Gasteiger partial charge in [-0.15, -0.1) is 0 Å². The number of benzene rings is 1. The van der Waals surface area contributed by atoms with Crippen molar-refractivity contribution >= 4 is 17.3 Å². The minimum absolute atomic E-state index is 0.0254. The van der Waals surface area contributed by atoms with Crippen LogP contribution in [0.1, 0.15) is 23.2 Å². The Bertz CT molecular complexity index is 480. The number of hydrogen-bond donors (Lipinski definition) is 2. The van der Waals surface area contributed by atoms with Crippen molar-refractivity contribution in [2.45, 2.75) is 12.8 Å². The second-order valence-corrected chi connectivity index (χ2v) is 5.59. The van der Waals surface area contributed by atoms with E-state index in [2.05, 4.69) is 0 Å². The molecule has 5 nitrogen and oxygen atoms in total. The van der Waals surface area contributed by atoms with E-state index >= 15 is 0 Å². The van der Waals surface area contributed by atoms with Gasteiger partial charge in [0.1, 0.15) is 0 Å². The lowest BCUT2D eigenvalue weighted by molar-refractivity contribution is 0.0651. The maximum atomic E-state index is 12.7. The largest absolute Gasteiger partial charge is 0.399 e. The van der Waals surface area contributed by atoms with E-state index < -0.39 is 0 Å². The minimum Gasteiger partial charge on any atom is -0.399 e. The summed E-state index contributed by atoms with van der Waals surface area (Å²) < 4.78 is 0. The zero-order valence-electron chi connectivity index (χ0n) is 12.2. The topological polar surface area (TPSA) is 69.8 Å². The number of nitrogens with two attached hydrogens (primary N) is 1. The molecule has 1 aromatic rings. The molecule has 0 aromatic heterocycles. The smallest absolute Gasteiger partial charge is 0.256 e. The van der Waals surface area contributed by atoms with Gasteiger partial charge in [-0.3, -0.25) is 4.79 Å². The molecule has 0 spiro atoms. The number of carbonyl (C=O) groups excluding carboxylic acids is 1. The van der Waals surface area contributed by atoms with E-state index in [1.54, 1.807) is 6.07 Å². The Morgan fingerprint density at radius 2 is 2.05 bits per heavy atom. The molecule has 20 heavy (non-hydrogen) atoms. The number of aliphatic hydroxyl groups is 1. The van der Waals surface area contributed by atoms with Gasteiger partial charge in [-0.25, -0.2) is 0 Å². The summed E-state index contributed by atoms with van der Waals surface area (Å²) in [6.45, 7) is 1.61. The zero-order valence-corrected chi connectivity index (χ0v) is 12.2. The van der Waals surface area contributed by atoms with Gasteiger partial charge in [-0.1, -0.05) is 0 Å².